The molecule has 28 heavy (non-hydrogen) atoms. The molecule has 0 bridgehead atoms. The molecule has 0 fully saturated rings. The zero-order chi connectivity index (χ0) is 20.3. The molecule has 0 aromatic heterocycles. The van der Waals surface area contributed by atoms with E-state index in [1.807, 2.05) is 0 Å². The van der Waals surface area contributed by atoms with Crippen molar-refractivity contribution >= 4 is 27.8 Å². The fourth-order valence-corrected chi connectivity index (χ4v) is 3.86. The van der Waals surface area contributed by atoms with Gasteiger partial charge >= 0.3 is 0 Å². The molecular formula is C17H16N4O6S. The van der Waals surface area contributed by atoms with E-state index in [2.05, 4.69) is 9.50 Å². The summed E-state index contributed by atoms with van der Waals surface area (Å²) in [7, 11) is -2.44. The van der Waals surface area contributed by atoms with Crippen LogP contribution in [-0.2, 0) is 10.0 Å². The minimum absolute atomic E-state index is 0.0313. The fraction of sp³-hybridized carbons (Fsp3) is 0.176. The topological polar surface area (TPSA) is 135 Å². The normalized spacial score (nSPS) is 14.6. The number of fused-ring (bicyclic) bond motifs is 1. The van der Waals surface area contributed by atoms with E-state index in [-0.39, 0.29) is 29.6 Å². The van der Waals surface area contributed by atoms with Gasteiger partial charge in [0, 0.05) is 23.3 Å². The lowest BCUT2D eigenvalue weighted by molar-refractivity contribution is -0.384. The van der Waals surface area contributed by atoms with Crippen molar-refractivity contribution < 1.29 is 23.2 Å². The van der Waals surface area contributed by atoms with Crippen molar-refractivity contribution in [3.63, 3.8) is 0 Å². The van der Waals surface area contributed by atoms with Crippen LogP contribution in [0.25, 0.3) is 0 Å². The SMILES string of the molecule is COc1ccc([N+](=O)[O-])cc1/C=N\N(CCO)C1=NS(=O)(=O)c2ccccc21. The maximum absolute atomic E-state index is 12.2. The highest BCUT2D eigenvalue weighted by Crippen LogP contribution is 2.28. The van der Waals surface area contributed by atoms with Gasteiger partial charge in [0.15, 0.2) is 5.84 Å². The molecule has 0 radical (unpaired) electrons. The van der Waals surface area contributed by atoms with Gasteiger partial charge < -0.3 is 9.84 Å². The van der Waals surface area contributed by atoms with E-state index >= 15 is 0 Å². The lowest BCUT2D eigenvalue weighted by Gasteiger charge is -2.17. The second-order valence-corrected chi connectivity index (χ2v) is 7.23. The summed E-state index contributed by atoms with van der Waals surface area (Å²) in [6.45, 7) is -0.346. The van der Waals surface area contributed by atoms with Crippen molar-refractivity contribution in [1.29, 1.82) is 0 Å². The molecule has 146 valence electrons. The Bertz CT molecular complexity index is 1080. The van der Waals surface area contributed by atoms with Crippen LogP contribution in [0.5, 0.6) is 5.75 Å². The number of aliphatic hydroxyl groups is 1. The summed E-state index contributed by atoms with van der Waals surface area (Å²) in [5.74, 6) is 0.407. The number of ether oxygens (including phenoxy) is 1. The van der Waals surface area contributed by atoms with Gasteiger partial charge in [0.05, 0.1) is 31.4 Å². The van der Waals surface area contributed by atoms with Crippen LogP contribution in [0.3, 0.4) is 0 Å². The zero-order valence-corrected chi connectivity index (χ0v) is 15.5. The van der Waals surface area contributed by atoms with Crippen molar-refractivity contribution in [1.82, 2.24) is 5.01 Å². The van der Waals surface area contributed by atoms with Crippen molar-refractivity contribution in [2.75, 3.05) is 20.3 Å². The Balaban J connectivity index is 2.02. The second-order valence-electron chi connectivity index (χ2n) is 5.66. The molecule has 0 saturated heterocycles. The summed E-state index contributed by atoms with van der Waals surface area (Å²) in [6.07, 6.45) is 1.29. The number of rotatable bonds is 6. The maximum Gasteiger partial charge on any atom is 0.285 e. The van der Waals surface area contributed by atoms with E-state index in [1.165, 1.54) is 42.6 Å². The van der Waals surface area contributed by atoms with E-state index in [0.29, 0.717) is 16.9 Å². The first-order valence-corrected chi connectivity index (χ1v) is 9.50. The molecule has 10 nitrogen and oxygen atoms in total. The number of amidine groups is 1. The zero-order valence-electron chi connectivity index (χ0n) is 14.7. The molecule has 3 rings (SSSR count). The van der Waals surface area contributed by atoms with Crippen molar-refractivity contribution in [3.8, 4) is 5.75 Å². The van der Waals surface area contributed by atoms with Crippen LogP contribution in [-0.4, -0.2) is 55.8 Å². The number of hydrogen-bond donors (Lipinski definition) is 1. The quantitative estimate of drug-likeness (QED) is 0.436. The highest BCUT2D eigenvalue weighted by molar-refractivity contribution is 7.90. The average Bonchev–Trinajstić information content (AvgIpc) is 2.96. The number of methoxy groups -OCH3 is 1. The van der Waals surface area contributed by atoms with Crippen LogP contribution in [0.4, 0.5) is 5.69 Å². The Morgan fingerprint density at radius 2 is 2.07 bits per heavy atom. The van der Waals surface area contributed by atoms with Crippen molar-refractivity contribution in [3.05, 3.63) is 63.7 Å². The van der Waals surface area contributed by atoms with Gasteiger partial charge in [0.1, 0.15) is 10.6 Å². The third-order valence-corrected chi connectivity index (χ3v) is 5.25. The number of sulfonamides is 1. The van der Waals surface area contributed by atoms with Crippen LogP contribution in [0.2, 0.25) is 0 Å². The number of nitro benzene ring substituents is 1. The Morgan fingerprint density at radius 1 is 1.32 bits per heavy atom. The Labute approximate surface area is 160 Å². The first-order chi connectivity index (χ1) is 13.4. The first kappa shape index (κ1) is 19.5. The number of aliphatic hydroxyl groups excluding tert-OH is 1. The fourth-order valence-electron chi connectivity index (χ4n) is 2.66. The van der Waals surface area contributed by atoms with Gasteiger partial charge in [-0.05, 0) is 18.2 Å². The second kappa shape index (κ2) is 7.74. The molecule has 2 aromatic rings. The molecule has 0 spiro atoms. The van der Waals surface area contributed by atoms with Crippen LogP contribution >= 0.6 is 0 Å². The van der Waals surface area contributed by atoms with Gasteiger partial charge in [-0.25, -0.2) is 5.01 Å². The summed E-state index contributed by atoms with van der Waals surface area (Å²) in [6, 6.07) is 10.3. The van der Waals surface area contributed by atoms with Gasteiger partial charge in [-0.15, -0.1) is 4.40 Å². The number of non-ortho nitro benzene ring substituents is 1. The predicted octanol–water partition coefficient (Wildman–Crippen LogP) is 1.38. The molecule has 1 heterocycles. The first-order valence-electron chi connectivity index (χ1n) is 8.06. The molecule has 0 amide bonds. The largest absolute Gasteiger partial charge is 0.496 e. The highest BCUT2D eigenvalue weighted by Gasteiger charge is 2.31. The molecule has 2 aromatic carbocycles. The minimum Gasteiger partial charge on any atom is -0.496 e. The summed E-state index contributed by atoms with van der Waals surface area (Å²) < 4.78 is 33.4. The Hall–Kier alpha value is -3.31. The smallest absolute Gasteiger partial charge is 0.285 e. The number of nitro groups is 1. The summed E-state index contributed by atoms with van der Waals surface area (Å²) >= 11 is 0. The molecule has 0 aliphatic carbocycles. The third-order valence-electron chi connectivity index (χ3n) is 3.93. The van der Waals surface area contributed by atoms with Crippen LogP contribution in [0, 0.1) is 10.1 Å². The van der Waals surface area contributed by atoms with Crippen LogP contribution in [0.1, 0.15) is 11.1 Å². The van der Waals surface area contributed by atoms with E-state index in [0.717, 1.165) is 0 Å². The number of benzene rings is 2. The molecule has 1 N–H and O–H groups in total. The van der Waals surface area contributed by atoms with E-state index in [9.17, 15) is 23.6 Å². The molecule has 0 saturated carbocycles. The Morgan fingerprint density at radius 3 is 2.75 bits per heavy atom. The van der Waals surface area contributed by atoms with Gasteiger partial charge in [-0.2, -0.15) is 13.5 Å². The van der Waals surface area contributed by atoms with Crippen molar-refractivity contribution in [2.45, 2.75) is 4.90 Å². The van der Waals surface area contributed by atoms with Crippen LogP contribution in [0.15, 0.2) is 56.9 Å². The molecule has 0 atom stereocenters. The average molecular weight is 404 g/mol. The Kier molecular flexibility index (Phi) is 5.38. The van der Waals surface area contributed by atoms with Crippen molar-refractivity contribution in [2.24, 2.45) is 9.50 Å². The van der Waals surface area contributed by atoms with Gasteiger partial charge in [0.25, 0.3) is 15.7 Å². The summed E-state index contributed by atoms with van der Waals surface area (Å²) in [4.78, 5) is 10.5. The van der Waals surface area contributed by atoms with E-state index in [1.54, 1.807) is 18.2 Å². The summed E-state index contributed by atoms with van der Waals surface area (Å²) in [5.41, 5.74) is 0.524. The lowest BCUT2D eigenvalue weighted by Crippen LogP contribution is -2.29. The third kappa shape index (κ3) is 3.70. The number of hydrazone groups is 1. The van der Waals surface area contributed by atoms with Gasteiger partial charge in [0.2, 0.25) is 0 Å². The van der Waals surface area contributed by atoms with E-state index < -0.39 is 14.9 Å². The standard InChI is InChI=1S/C17H16N4O6S/c1-27-15-7-6-13(21(23)24)10-12(15)11-18-20(8-9-22)17-14-4-2-3-5-16(14)28(25,26)19-17/h2-7,10-11,22H,8-9H2,1H3/b18-11-. The predicted molar refractivity (Wildman–Crippen MR) is 101 cm³/mol. The number of nitrogens with zero attached hydrogens (tertiary/aromatic N) is 4. The number of hydrogen-bond acceptors (Lipinski definition) is 8. The summed E-state index contributed by atoms with van der Waals surface area (Å²) in [5, 5.41) is 25.8. The molecule has 1 aliphatic heterocycles. The van der Waals surface area contributed by atoms with Gasteiger partial charge in [-0.1, -0.05) is 12.1 Å². The minimum atomic E-state index is -3.86. The van der Waals surface area contributed by atoms with Gasteiger partial charge in [-0.3, -0.25) is 10.1 Å². The molecular weight excluding hydrogens is 388 g/mol. The molecule has 0 unspecified atom stereocenters. The molecule has 1 aliphatic rings. The van der Waals surface area contributed by atoms with Crippen LogP contribution < -0.4 is 4.74 Å². The van der Waals surface area contributed by atoms with E-state index in [4.69, 9.17) is 4.74 Å². The highest BCUT2D eigenvalue weighted by atomic mass is 32.2. The maximum atomic E-state index is 12.2. The lowest BCUT2D eigenvalue weighted by atomic mass is 10.2. The monoisotopic (exact) mass is 404 g/mol. The molecule has 11 heteroatoms.